The molecule has 0 spiro atoms. The molecule has 0 radical (unpaired) electrons. The Kier molecular flexibility index (Phi) is 8.09. The maximum atomic E-state index is 12.0. The summed E-state index contributed by atoms with van der Waals surface area (Å²) < 4.78 is 22.4. The van der Waals surface area contributed by atoms with Crippen LogP contribution in [-0.4, -0.2) is 39.0 Å². The summed E-state index contributed by atoms with van der Waals surface area (Å²) in [4.78, 5) is 23.9. The number of ether oxygens (including phenoxy) is 4. The van der Waals surface area contributed by atoms with E-state index in [0.717, 1.165) is 5.56 Å². The third-order valence-electron chi connectivity index (χ3n) is 4.49. The van der Waals surface area contributed by atoms with E-state index in [1.165, 1.54) is 28.1 Å². The molecule has 7 heteroatoms. The minimum Gasteiger partial charge on any atom is -0.493 e. The summed E-state index contributed by atoms with van der Waals surface area (Å²) >= 11 is 0. The van der Waals surface area contributed by atoms with Crippen LogP contribution < -0.4 is 24.3 Å². The molecule has 0 bridgehead atoms. The van der Waals surface area contributed by atoms with Gasteiger partial charge < -0.3 is 24.3 Å². The van der Waals surface area contributed by atoms with Gasteiger partial charge in [-0.2, -0.15) is 0 Å². The summed E-state index contributed by atoms with van der Waals surface area (Å²) in [7, 11) is 3.06. The summed E-state index contributed by atoms with van der Waals surface area (Å²) in [5.41, 5.74) is 2.37. The van der Waals surface area contributed by atoms with Gasteiger partial charge in [-0.3, -0.25) is 9.59 Å². The third-order valence-corrected chi connectivity index (χ3v) is 4.49. The lowest BCUT2D eigenvalue weighted by Gasteiger charge is -2.19. The minimum absolute atomic E-state index is 0.0761. The summed E-state index contributed by atoms with van der Waals surface area (Å²) in [6.07, 6.45) is 0. The van der Waals surface area contributed by atoms with E-state index >= 15 is 0 Å². The average molecular weight is 415 g/mol. The van der Waals surface area contributed by atoms with Crippen molar-refractivity contribution in [3.05, 3.63) is 41.0 Å². The molecule has 0 saturated heterocycles. The Labute approximate surface area is 177 Å². The van der Waals surface area contributed by atoms with Crippen molar-refractivity contribution in [2.24, 2.45) is 0 Å². The van der Waals surface area contributed by atoms with Crippen molar-refractivity contribution in [3.63, 3.8) is 0 Å². The van der Waals surface area contributed by atoms with Gasteiger partial charge in [0.2, 0.25) is 0 Å². The molecule has 0 aromatic heterocycles. The molecule has 2 rings (SSSR count). The highest BCUT2D eigenvalue weighted by atomic mass is 16.5. The highest BCUT2D eigenvalue weighted by Crippen LogP contribution is 2.39. The highest BCUT2D eigenvalue weighted by Gasteiger charge is 2.18. The number of methoxy groups -OCH3 is 2. The monoisotopic (exact) mass is 415 g/mol. The van der Waals surface area contributed by atoms with Crippen molar-refractivity contribution in [1.29, 1.82) is 0 Å². The average Bonchev–Trinajstić information content (AvgIpc) is 2.73. The van der Waals surface area contributed by atoms with Crippen molar-refractivity contribution < 1.29 is 28.5 Å². The number of benzene rings is 2. The number of hydrogen-bond acceptors (Lipinski definition) is 7. The van der Waals surface area contributed by atoms with Gasteiger partial charge in [-0.15, -0.1) is 0 Å². The molecule has 1 N–H and O–H groups in total. The fraction of sp³-hybridized carbons (Fsp3) is 0.391. The predicted octanol–water partition coefficient (Wildman–Crippen LogP) is 4.52. The molecule has 0 aliphatic rings. The second-order valence-electron chi connectivity index (χ2n) is 6.55. The molecule has 2 aromatic carbocycles. The molecule has 0 unspecified atom stereocenters. The van der Waals surface area contributed by atoms with Crippen LogP contribution in [0.25, 0.3) is 0 Å². The Hall–Kier alpha value is -3.22. The van der Waals surface area contributed by atoms with Crippen LogP contribution in [0.1, 0.15) is 54.0 Å². The minimum atomic E-state index is -0.0883. The van der Waals surface area contributed by atoms with Gasteiger partial charge in [-0.1, -0.05) is 0 Å². The van der Waals surface area contributed by atoms with E-state index < -0.39 is 0 Å². The maximum absolute atomic E-state index is 12.0. The second-order valence-corrected chi connectivity index (χ2v) is 6.55. The van der Waals surface area contributed by atoms with Gasteiger partial charge in [-0.25, -0.2) is 0 Å². The van der Waals surface area contributed by atoms with Crippen molar-refractivity contribution in [2.75, 3.05) is 32.8 Å². The van der Waals surface area contributed by atoms with E-state index in [-0.39, 0.29) is 11.6 Å². The van der Waals surface area contributed by atoms with Gasteiger partial charge in [0.05, 0.1) is 33.1 Å². The Bertz CT molecular complexity index is 847. The third kappa shape index (κ3) is 5.23. The number of hydrogen-bond donors (Lipinski definition) is 1. The van der Waals surface area contributed by atoms with Crippen LogP contribution in [0, 0.1) is 0 Å². The first-order valence-electron chi connectivity index (χ1n) is 9.80. The number of anilines is 1. The number of ketones is 2. The zero-order valence-corrected chi connectivity index (χ0v) is 18.4. The molecule has 7 nitrogen and oxygen atoms in total. The van der Waals surface area contributed by atoms with E-state index in [4.69, 9.17) is 18.9 Å². The molecule has 0 heterocycles. The molecular weight excluding hydrogens is 386 g/mol. The quantitative estimate of drug-likeness (QED) is 0.540. The van der Waals surface area contributed by atoms with Crippen molar-refractivity contribution in [2.45, 2.75) is 34.2 Å². The van der Waals surface area contributed by atoms with Gasteiger partial charge in [0.1, 0.15) is 0 Å². The first-order chi connectivity index (χ1) is 14.4. The number of carbonyl (C=O) groups excluding carboxylic acids is 2. The molecule has 0 saturated carbocycles. The molecule has 162 valence electrons. The Morgan fingerprint density at radius 3 is 1.80 bits per heavy atom. The zero-order valence-electron chi connectivity index (χ0n) is 18.4. The number of nitrogens with one attached hydrogen (secondary N) is 1. The number of Topliss-reactive ketones (excluding diaryl/α,β-unsaturated/α-hetero) is 2. The van der Waals surface area contributed by atoms with E-state index in [2.05, 4.69) is 5.32 Å². The largest absolute Gasteiger partial charge is 0.493 e. The topological polar surface area (TPSA) is 83.1 Å². The van der Waals surface area contributed by atoms with Crippen LogP contribution in [-0.2, 0) is 6.54 Å². The molecule has 0 aliphatic carbocycles. The molecule has 0 amide bonds. The first-order valence-corrected chi connectivity index (χ1v) is 9.80. The van der Waals surface area contributed by atoms with Crippen molar-refractivity contribution in [1.82, 2.24) is 0 Å². The van der Waals surface area contributed by atoms with E-state index in [1.807, 2.05) is 13.8 Å². The lowest BCUT2D eigenvalue weighted by atomic mass is 10.0. The normalized spacial score (nSPS) is 10.3. The van der Waals surface area contributed by atoms with E-state index in [9.17, 15) is 9.59 Å². The van der Waals surface area contributed by atoms with Crippen LogP contribution in [0.3, 0.4) is 0 Å². The molecule has 2 aromatic rings. The van der Waals surface area contributed by atoms with Crippen LogP contribution >= 0.6 is 0 Å². The summed E-state index contributed by atoms with van der Waals surface area (Å²) in [5, 5.41) is 3.30. The lowest BCUT2D eigenvalue weighted by Crippen LogP contribution is -2.09. The fourth-order valence-corrected chi connectivity index (χ4v) is 3.03. The van der Waals surface area contributed by atoms with Gasteiger partial charge >= 0.3 is 0 Å². The highest BCUT2D eigenvalue weighted by molar-refractivity contribution is 5.96. The maximum Gasteiger partial charge on any atom is 0.184 e. The standard InChI is InChI=1S/C23H29NO6/c1-7-29-22-18(9-16(14(3)25)11-20(22)27-5)13-24-19-10-17(15(4)26)12-21(28-6)23(19)30-8-2/h9-12,24H,7-8,13H2,1-6H3. The van der Waals surface area contributed by atoms with Crippen LogP contribution in [0.5, 0.6) is 23.0 Å². The van der Waals surface area contributed by atoms with Crippen molar-refractivity contribution >= 4 is 17.3 Å². The molecule has 0 aliphatic heterocycles. The van der Waals surface area contributed by atoms with Crippen LogP contribution in [0.15, 0.2) is 24.3 Å². The van der Waals surface area contributed by atoms with E-state index in [1.54, 1.807) is 24.3 Å². The summed E-state index contributed by atoms with van der Waals surface area (Å²) in [6.45, 7) is 7.94. The smallest absolute Gasteiger partial charge is 0.184 e. The van der Waals surface area contributed by atoms with Crippen LogP contribution in [0.4, 0.5) is 5.69 Å². The molecular formula is C23H29NO6. The summed E-state index contributed by atoms with van der Waals surface area (Å²) in [6, 6.07) is 6.82. The number of rotatable bonds is 11. The Morgan fingerprint density at radius 1 is 0.800 bits per heavy atom. The fourth-order valence-electron chi connectivity index (χ4n) is 3.03. The Balaban J connectivity index is 2.51. The summed E-state index contributed by atoms with van der Waals surface area (Å²) in [5.74, 6) is 1.86. The van der Waals surface area contributed by atoms with Gasteiger partial charge in [0, 0.05) is 23.2 Å². The van der Waals surface area contributed by atoms with E-state index in [0.29, 0.717) is 59.6 Å². The van der Waals surface area contributed by atoms with Gasteiger partial charge in [0.15, 0.2) is 34.6 Å². The number of carbonyl (C=O) groups is 2. The molecule has 0 atom stereocenters. The van der Waals surface area contributed by atoms with Gasteiger partial charge in [0.25, 0.3) is 0 Å². The van der Waals surface area contributed by atoms with Gasteiger partial charge in [-0.05, 0) is 52.0 Å². The predicted molar refractivity (Wildman–Crippen MR) is 116 cm³/mol. The Morgan fingerprint density at radius 2 is 1.30 bits per heavy atom. The van der Waals surface area contributed by atoms with Crippen LogP contribution in [0.2, 0.25) is 0 Å². The molecule has 0 fully saturated rings. The van der Waals surface area contributed by atoms with Crippen molar-refractivity contribution in [3.8, 4) is 23.0 Å². The molecule has 30 heavy (non-hydrogen) atoms. The zero-order chi connectivity index (χ0) is 22.3. The SMILES string of the molecule is CCOc1c(CNc2cc(C(C)=O)cc(OC)c2OCC)cc(C(C)=O)cc1OC. The second kappa shape index (κ2) is 10.5. The lowest BCUT2D eigenvalue weighted by molar-refractivity contribution is 0.100. The first kappa shape index (κ1) is 23.1.